The van der Waals surface area contributed by atoms with Gasteiger partial charge in [0.1, 0.15) is 5.75 Å². The van der Waals surface area contributed by atoms with Crippen molar-refractivity contribution < 1.29 is 9.90 Å². The number of carbonyl (C=O) groups is 1. The number of likely N-dealkylation sites (N-methyl/N-ethyl adjacent to an activating group) is 1. The van der Waals surface area contributed by atoms with Crippen molar-refractivity contribution in [1.82, 2.24) is 10.2 Å². The molecular formula is C17H26N2O2. The van der Waals surface area contributed by atoms with E-state index in [0.717, 1.165) is 6.54 Å². The zero-order chi connectivity index (χ0) is 15.5. The molecule has 0 bridgehead atoms. The van der Waals surface area contributed by atoms with E-state index in [2.05, 4.69) is 31.1 Å². The summed E-state index contributed by atoms with van der Waals surface area (Å²) in [5.74, 6) is 0.147. The van der Waals surface area contributed by atoms with Crippen LogP contribution in [0.2, 0.25) is 0 Å². The first kappa shape index (κ1) is 15.8. The van der Waals surface area contributed by atoms with Crippen molar-refractivity contribution in [1.29, 1.82) is 0 Å². The van der Waals surface area contributed by atoms with Crippen molar-refractivity contribution in [3.8, 4) is 5.75 Å². The number of amides is 1. The minimum Gasteiger partial charge on any atom is -0.508 e. The molecule has 0 aromatic heterocycles. The molecule has 1 aliphatic rings. The standard InChI is InChI=1S/C17H26N2O2/c1-17(2)9-6-10-19(3)15(17)12-18-16(21)11-13-7-4-5-8-14(13)20/h4-5,7-8,15,20H,6,9-12H2,1-3H3,(H,18,21). The van der Waals surface area contributed by atoms with Gasteiger partial charge in [0.15, 0.2) is 0 Å². The summed E-state index contributed by atoms with van der Waals surface area (Å²) in [6, 6.07) is 7.35. The Kier molecular flexibility index (Phi) is 4.88. The SMILES string of the molecule is CN1CCCC(C)(C)C1CNC(=O)Cc1ccccc1O. The van der Waals surface area contributed by atoms with E-state index < -0.39 is 0 Å². The van der Waals surface area contributed by atoms with Gasteiger partial charge in [-0.2, -0.15) is 0 Å². The summed E-state index contributed by atoms with van der Waals surface area (Å²) in [5, 5.41) is 12.7. The third-order valence-corrected chi connectivity index (χ3v) is 4.60. The first-order valence-corrected chi connectivity index (χ1v) is 7.64. The summed E-state index contributed by atoms with van der Waals surface area (Å²) < 4.78 is 0. The summed E-state index contributed by atoms with van der Waals surface area (Å²) in [6.07, 6.45) is 2.63. The predicted molar refractivity (Wildman–Crippen MR) is 84.3 cm³/mol. The molecule has 4 nitrogen and oxygen atoms in total. The van der Waals surface area contributed by atoms with Gasteiger partial charge >= 0.3 is 0 Å². The maximum absolute atomic E-state index is 12.1. The minimum atomic E-state index is -0.0359. The van der Waals surface area contributed by atoms with Gasteiger partial charge in [0.05, 0.1) is 6.42 Å². The number of nitrogens with zero attached hydrogens (tertiary/aromatic N) is 1. The molecule has 1 fully saturated rings. The highest BCUT2D eigenvalue weighted by atomic mass is 16.3. The third kappa shape index (κ3) is 3.97. The molecule has 0 aliphatic carbocycles. The Bertz CT molecular complexity index is 499. The Morgan fingerprint density at radius 2 is 2.14 bits per heavy atom. The van der Waals surface area contributed by atoms with E-state index in [0.29, 0.717) is 18.2 Å². The zero-order valence-corrected chi connectivity index (χ0v) is 13.2. The van der Waals surface area contributed by atoms with Gasteiger partial charge in [-0.1, -0.05) is 32.0 Å². The topological polar surface area (TPSA) is 52.6 Å². The van der Waals surface area contributed by atoms with Crippen LogP contribution >= 0.6 is 0 Å². The number of phenolic OH excluding ortho intramolecular Hbond substituents is 1. The highest BCUT2D eigenvalue weighted by Gasteiger charge is 2.35. The number of aromatic hydroxyl groups is 1. The molecule has 1 atom stereocenters. The van der Waals surface area contributed by atoms with E-state index in [1.807, 2.05) is 6.07 Å². The quantitative estimate of drug-likeness (QED) is 0.893. The number of piperidine rings is 1. The Balaban J connectivity index is 1.90. The van der Waals surface area contributed by atoms with Crippen LogP contribution in [0.1, 0.15) is 32.3 Å². The maximum atomic E-state index is 12.1. The Morgan fingerprint density at radius 1 is 1.43 bits per heavy atom. The summed E-state index contributed by atoms with van der Waals surface area (Å²) in [4.78, 5) is 14.4. The van der Waals surface area contributed by atoms with Gasteiger partial charge in [-0.15, -0.1) is 0 Å². The van der Waals surface area contributed by atoms with Gasteiger partial charge in [0.2, 0.25) is 5.91 Å². The van der Waals surface area contributed by atoms with E-state index in [4.69, 9.17) is 0 Å². The van der Waals surface area contributed by atoms with Gasteiger partial charge in [0.25, 0.3) is 0 Å². The molecule has 116 valence electrons. The van der Waals surface area contributed by atoms with Gasteiger partial charge in [-0.3, -0.25) is 4.79 Å². The van der Waals surface area contributed by atoms with Crippen molar-refractivity contribution >= 4 is 5.91 Å². The third-order valence-electron chi connectivity index (χ3n) is 4.60. The van der Waals surface area contributed by atoms with E-state index in [-0.39, 0.29) is 23.5 Å². The summed E-state index contributed by atoms with van der Waals surface area (Å²) in [5.41, 5.74) is 0.890. The van der Waals surface area contributed by atoms with Crippen molar-refractivity contribution in [2.45, 2.75) is 39.2 Å². The second kappa shape index (κ2) is 6.48. The molecule has 21 heavy (non-hydrogen) atoms. The monoisotopic (exact) mass is 290 g/mol. The average Bonchev–Trinajstić information content (AvgIpc) is 2.40. The molecule has 0 saturated carbocycles. The predicted octanol–water partition coefficient (Wildman–Crippen LogP) is 2.17. The number of phenols is 1. The molecule has 2 rings (SSSR count). The smallest absolute Gasteiger partial charge is 0.224 e. The zero-order valence-electron chi connectivity index (χ0n) is 13.2. The lowest BCUT2D eigenvalue weighted by Crippen LogP contribution is -2.53. The Labute approximate surface area is 127 Å². The number of hydrogen-bond acceptors (Lipinski definition) is 3. The lowest BCUT2D eigenvalue weighted by Gasteiger charge is -2.45. The van der Waals surface area contributed by atoms with Gasteiger partial charge < -0.3 is 15.3 Å². The van der Waals surface area contributed by atoms with Crippen LogP contribution in [0.4, 0.5) is 0 Å². The molecule has 1 saturated heterocycles. The number of hydrogen-bond donors (Lipinski definition) is 2. The largest absolute Gasteiger partial charge is 0.508 e. The highest BCUT2D eigenvalue weighted by molar-refractivity contribution is 5.79. The fourth-order valence-corrected chi connectivity index (χ4v) is 3.24. The van der Waals surface area contributed by atoms with Crippen molar-refractivity contribution in [3.05, 3.63) is 29.8 Å². The van der Waals surface area contributed by atoms with Crippen LogP contribution in [0.3, 0.4) is 0 Å². The molecule has 4 heteroatoms. The highest BCUT2D eigenvalue weighted by Crippen LogP contribution is 2.33. The maximum Gasteiger partial charge on any atom is 0.224 e. The van der Waals surface area contributed by atoms with Crippen molar-refractivity contribution in [2.24, 2.45) is 5.41 Å². The lowest BCUT2D eigenvalue weighted by atomic mass is 9.76. The van der Waals surface area contributed by atoms with Crippen LogP contribution in [-0.4, -0.2) is 42.1 Å². The average molecular weight is 290 g/mol. The molecule has 1 aliphatic heterocycles. The van der Waals surface area contributed by atoms with Crippen LogP contribution < -0.4 is 5.32 Å². The van der Waals surface area contributed by atoms with E-state index in [1.54, 1.807) is 18.2 Å². The number of nitrogens with one attached hydrogen (secondary N) is 1. The molecule has 1 heterocycles. The molecule has 1 aromatic carbocycles. The van der Waals surface area contributed by atoms with Gasteiger partial charge in [-0.25, -0.2) is 0 Å². The van der Waals surface area contributed by atoms with Crippen LogP contribution in [0.5, 0.6) is 5.75 Å². The Morgan fingerprint density at radius 3 is 2.81 bits per heavy atom. The van der Waals surface area contributed by atoms with Crippen LogP contribution in [-0.2, 0) is 11.2 Å². The number of para-hydroxylation sites is 1. The summed E-state index contributed by atoms with van der Waals surface area (Å²) >= 11 is 0. The molecule has 1 aromatic rings. The number of benzene rings is 1. The molecule has 1 amide bonds. The van der Waals surface area contributed by atoms with E-state index in [1.165, 1.54) is 12.8 Å². The molecule has 2 N–H and O–H groups in total. The Hall–Kier alpha value is -1.55. The number of rotatable bonds is 4. The fourth-order valence-electron chi connectivity index (χ4n) is 3.24. The minimum absolute atomic E-state index is 0.0359. The molecule has 0 spiro atoms. The van der Waals surface area contributed by atoms with Crippen LogP contribution in [0.15, 0.2) is 24.3 Å². The van der Waals surface area contributed by atoms with E-state index >= 15 is 0 Å². The first-order valence-electron chi connectivity index (χ1n) is 7.64. The van der Waals surface area contributed by atoms with Crippen LogP contribution in [0, 0.1) is 5.41 Å². The van der Waals surface area contributed by atoms with Crippen molar-refractivity contribution in [3.63, 3.8) is 0 Å². The lowest BCUT2D eigenvalue weighted by molar-refractivity contribution is -0.121. The second-order valence-corrected chi connectivity index (χ2v) is 6.70. The van der Waals surface area contributed by atoms with Gasteiger partial charge in [-0.05, 0) is 37.9 Å². The van der Waals surface area contributed by atoms with Crippen LogP contribution in [0.25, 0.3) is 0 Å². The number of likely N-dealkylation sites (tertiary alicyclic amines) is 1. The van der Waals surface area contributed by atoms with Crippen molar-refractivity contribution in [2.75, 3.05) is 20.1 Å². The molecule has 1 unspecified atom stereocenters. The van der Waals surface area contributed by atoms with E-state index in [9.17, 15) is 9.90 Å². The normalized spacial score (nSPS) is 22.0. The molecular weight excluding hydrogens is 264 g/mol. The second-order valence-electron chi connectivity index (χ2n) is 6.70. The van der Waals surface area contributed by atoms with Gasteiger partial charge in [0, 0.05) is 18.2 Å². The fraction of sp³-hybridized carbons (Fsp3) is 0.588. The number of carbonyl (C=O) groups excluding carboxylic acids is 1. The summed E-state index contributed by atoms with van der Waals surface area (Å²) in [7, 11) is 2.13. The molecule has 0 radical (unpaired) electrons. The summed E-state index contributed by atoms with van der Waals surface area (Å²) in [6.45, 7) is 6.28. The first-order chi connectivity index (χ1) is 9.90.